The van der Waals surface area contributed by atoms with Gasteiger partial charge in [0.25, 0.3) is 0 Å². The van der Waals surface area contributed by atoms with Gasteiger partial charge in [-0.2, -0.15) is 0 Å². The Bertz CT molecular complexity index is 312. The Kier molecular flexibility index (Phi) is 4.59. The van der Waals surface area contributed by atoms with E-state index >= 15 is 0 Å². The summed E-state index contributed by atoms with van der Waals surface area (Å²) in [6.07, 6.45) is 0. The lowest BCUT2D eigenvalue weighted by Crippen LogP contribution is -2.22. The first kappa shape index (κ1) is 12.0. The SMILES string of the molecule is COc1ccc(C(C)NCCO)cc1C. The van der Waals surface area contributed by atoms with Crippen LogP contribution in [0.25, 0.3) is 0 Å². The summed E-state index contributed by atoms with van der Waals surface area (Å²) in [5.74, 6) is 0.910. The normalized spacial score (nSPS) is 12.5. The molecule has 0 fully saturated rings. The molecular weight excluding hydrogens is 190 g/mol. The van der Waals surface area contributed by atoms with E-state index in [1.807, 2.05) is 19.1 Å². The molecule has 0 spiro atoms. The van der Waals surface area contributed by atoms with Gasteiger partial charge in [-0.15, -0.1) is 0 Å². The summed E-state index contributed by atoms with van der Waals surface area (Å²) >= 11 is 0. The third-order valence-electron chi connectivity index (χ3n) is 2.48. The molecule has 2 N–H and O–H groups in total. The van der Waals surface area contributed by atoms with Gasteiger partial charge in [-0.05, 0) is 31.0 Å². The predicted octanol–water partition coefficient (Wildman–Crippen LogP) is 1.65. The molecule has 0 aliphatic heterocycles. The number of hydrogen-bond donors (Lipinski definition) is 2. The summed E-state index contributed by atoms with van der Waals surface area (Å²) in [4.78, 5) is 0. The van der Waals surface area contributed by atoms with Crippen molar-refractivity contribution in [1.82, 2.24) is 5.32 Å². The number of aliphatic hydroxyl groups is 1. The monoisotopic (exact) mass is 209 g/mol. The van der Waals surface area contributed by atoms with Crippen LogP contribution in [0.5, 0.6) is 5.75 Å². The van der Waals surface area contributed by atoms with Crippen LogP contribution < -0.4 is 10.1 Å². The van der Waals surface area contributed by atoms with Crippen LogP contribution in [0.15, 0.2) is 18.2 Å². The van der Waals surface area contributed by atoms with E-state index in [4.69, 9.17) is 9.84 Å². The van der Waals surface area contributed by atoms with Gasteiger partial charge in [0.1, 0.15) is 5.75 Å². The van der Waals surface area contributed by atoms with Crippen LogP contribution in [0.4, 0.5) is 0 Å². The van der Waals surface area contributed by atoms with Crippen molar-refractivity contribution in [2.24, 2.45) is 0 Å². The smallest absolute Gasteiger partial charge is 0.121 e. The summed E-state index contributed by atoms with van der Waals surface area (Å²) in [6.45, 7) is 4.89. The third kappa shape index (κ3) is 3.22. The van der Waals surface area contributed by atoms with E-state index in [0.29, 0.717) is 6.54 Å². The van der Waals surface area contributed by atoms with E-state index in [0.717, 1.165) is 11.3 Å². The fourth-order valence-electron chi connectivity index (χ4n) is 1.57. The van der Waals surface area contributed by atoms with Crippen LogP contribution in [0.3, 0.4) is 0 Å². The topological polar surface area (TPSA) is 41.5 Å². The van der Waals surface area contributed by atoms with Crippen molar-refractivity contribution >= 4 is 0 Å². The van der Waals surface area contributed by atoms with Crippen molar-refractivity contribution in [1.29, 1.82) is 0 Å². The zero-order chi connectivity index (χ0) is 11.3. The van der Waals surface area contributed by atoms with Gasteiger partial charge in [0.2, 0.25) is 0 Å². The van der Waals surface area contributed by atoms with Crippen molar-refractivity contribution in [2.45, 2.75) is 19.9 Å². The molecule has 0 amide bonds. The number of nitrogens with one attached hydrogen (secondary N) is 1. The number of rotatable bonds is 5. The van der Waals surface area contributed by atoms with Crippen molar-refractivity contribution in [3.05, 3.63) is 29.3 Å². The second-order valence-corrected chi connectivity index (χ2v) is 3.63. The van der Waals surface area contributed by atoms with Gasteiger partial charge in [-0.1, -0.05) is 12.1 Å². The highest BCUT2D eigenvalue weighted by Crippen LogP contribution is 2.22. The molecule has 84 valence electrons. The second-order valence-electron chi connectivity index (χ2n) is 3.63. The van der Waals surface area contributed by atoms with Crippen molar-refractivity contribution in [3.8, 4) is 5.75 Å². The average molecular weight is 209 g/mol. The lowest BCUT2D eigenvalue weighted by Gasteiger charge is -2.15. The van der Waals surface area contributed by atoms with E-state index in [1.165, 1.54) is 5.56 Å². The Balaban J connectivity index is 2.73. The van der Waals surface area contributed by atoms with Gasteiger partial charge < -0.3 is 15.2 Å². The van der Waals surface area contributed by atoms with Crippen LogP contribution in [0.2, 0.25) is 0 Å². The van der Waals surface area contributed by atoms with Gasteiger partial charge in [0.05, 0.1) is 13.7 Å². The molecule has 0 aromatic heterocycles. The van der Waals surface area contributed by atoms with Crippen LogP contribution in [-0.4, -0.2) is 25.4 Å². The summed E-state index contributed by atoms with van der Waals surface area (Å²) < 4.78 is 5.20. The minimum Gasteiger partial charge on any atom is -0.496 e. The Morgan fingerprint density at radius 1 is 1.47 bits per heavy atom. The minimum atomic E-state index is 0.166. The number of ether oxygens (including phenoxy) is 1. The standard InChI is InChI=1S/C12H19NO2/c1-9-8-11(4-5-12(9)15-3)10(2)13-6-7-14/h4-5,8,10,13-14H,6-7H2,1-3H3. The van der Waals surface area contributed by atoms with Gasteiger partial charge in [0.15, 0.2) is 0 Å². The number of benzene rings is 1. The summed E-state index contributed by atoms with van der Waals surface area (Å²) in [7, 11) is 1.68. The molecule has 0 saturated heterocycles. The van der Waals surface area contributed by atoms with Crippen molar-refractivity contribution in [2.75, 3.05) is 20.3 Å². The van der Waals surface area contributed by atoms with E-state index in [9.17, 15) is 0 Å². The first-order valence-corrected chi connectivity index (χ1v) is 5.17. The lowest BCUT2D eigenvalue weighted by atomic mass is 10.1. The van der Waals surface area contributed by atoms with Crippen LogP contribution >= 0.6 is 0 Å². The number of aryl methyl sites for hydroxylation is 1. The highest BCUT2D eigenvalue weighted by Gasteiger charge is 2.06. The van der Waals surface area contributed by atoms with Gasteiger partial charge in [-0.25, -0.2) is 0 Å². The molecule has 15 heavy (non-hydrogen) atoms. The fourth-order valence-corrected chi connectivity index (χ4v) is 1.57. The second kappa shape index (κ2) is 5.73. The molecule has 1 atom stereocenters. The summed E-state index contributed by atoms with van der Waals surface area (Å²) in [6, 6.07) is 6.37. The quantitative estimate of drug-likeness (QED) is 0.774. The lowest BCUT2D eigenvalue weighted by molar-refractivity contribution is 0.286. The van der Waals surface area contributed by atoms with E-state index in [-0.39, 0.29) is 12.6 Å². The molecular formula is C12H19NO2. The van der Waals surface area contributed by atoms with Crippen LogP contribution in [0, 0.1) is 6.92 Å². The highest BCUT2D eigenvalue weighted by molar-refractivity contribution is 5.37. The highest BCUT2D eigenvalue weighted by atomic mass is 16.5. The Morgan fingerprint density at radius 3 is 2.73 bits per heavy atom. The summed E-state index contributed by atoms with van der Waals surface area (Å²) in [5, 5.41) is 11.9. The van der Waals surface area contributed by atoms with Gasteiger partial charge in [-0.3, -0.25) is 0 Å². The maximum Gasteiger partial charge on any atom is 0.121 e. The molecule has 1 unspecified atom stereocenters. The largest absolute Gasteiger partial charge is 0.496 e. The Morgan fingerprint density at radius 2 is 2.20 bits per heavy atom. The van der Waals surface area contributed by atoms with E-state index in [1.54, 1.807) is 7.11 Å². The van der Waals surface area contributed by atoms with Crippen molar-refractivity contribution < 1.29 is 9.84 Å². The molecule has 0 heterocycles. The Hall–Kier alpha value is -1.06. The fraction of sp³-hybridized carbons (Fsp3) is 0.500. The molecule has 1 aromatic rings. The molecule has 3 nitrogen and oxygen atoms in total. The molecule has 1 aromatic carbocycles. The number of methoxy groups -OCH3 is 1. The first-order chi connectivity index (χ1) is 7.19. The molecule has 0 aliphatic carbocycles. The zero-order valence-electron chi connectivity index (χ0n) is 9.58. The predicted molar refractivity (Wildman–Crippen MR) is 61.2 cm³/mol. The Labute approximate surface area is 91.1 Å². The molecule has 0 aliphatic rings. The number of aliphatic hydroxyl groups excluding tert-OH is 1. The first-order valence-electron chi connectivity index (χ1n) is 5.17. The maximum absolute atomic E-state index is 8.72. The molecule has 1 rings (SSSR count). The summed E-state index contributed by atoms with van der Waals surface area (Å²) in [5.41, 5.74) is 2.34. The number of hydrogen-bond acceptors (Lipinski definition) is 3. The minimum absolute atomic E-state index is 0.166. The van der Waals surface area contributed by atoms with Gasteiger partial charge >= 0.3 is 0 Å². The average Bonchev–Trinajstić information content (AvgIpc) is 2.25. The molecule has 0 radical (unpaired) electrons. The van der Waals surface area contributed by atoms with Crippen LogP contribution in [-0.2, 0) is 0 Å². The van der Waals surface area contributed by atoms with Gasteiger partial charge in [0, 0.05) is 12.6 Å². The van der Waals surface area contributed by atoms with E-state index in [2.05, 4.69) is 18.3 Å². The molecule has 3 heteroatoms. The maximum atomic E-state index is 8.72. The zero-order valence-corrected chi connectivity index (χ0v) is 9.58. The third-order valence-corrected chi connectivity index (χ3v) is 2.48. The molecule has 0 bridgehead atoms. The van der Waals surface area contributed by atoms with Crippen molar-refractivity contribution in [3.63, 3.8) is 0 Å². The van der Waals surface area contributed by atoms with E-state index < -0.39 is 0 Å². The molecule has 0 saturated carbocycles. The van der Waals surface area contributed by atoms with Crippen LogP contribution in [0.1, 0.15) is 24.1 Å².